The summed E-state index contributed by atoms with van der Waals surface area (Å²) in [6, 6.07) is 28.6. The van der Waals surface area contributed by atoms with E-state index < -0.39 is 0 Å². The van der Waals surface area contributed by atoms with Crippen LogP contribution in [0.3, 0.4) is 0 Å². The van der Waals surface area contributed by atoms with E-state index in [1.54, 1.807) is 0 Å². The first-order chi connectivity index (χ1) is 16.6. The number of nitrogen functional groups attached to an aromatic ring is 1. The molecule has 180 valence electrons. The van der Waals surface area contributed by atoms with Gasteiger partial charge < -0.3 is 5.73 Å². The summed E-state index contributed by atoms with van der Waals surface area (Å²) in [6.45, 7) is 12.3. The van der Waals surface area contributed by atoms with Gasteiger partial charge in [0.05, 0.1) is 0 Å². The van der Waals surface area contributed by atoms with E-state index in [-0.39, 0.29) is 0 Å². The van der Waals surface area contributed by atoms with Crippen LogP contribution in [0.4, 0.5) is 5.69 Å². The van der Waals surface area contributed by atoms with Gasteiger partial charge in [0, 0.05) is 5.69 Å². The second-order valence-electron chi connectivity index (χ2n) is 7.09. The molecule has 0 aliphatic carbocycles. The van der Waals surface area contributed by atoms with Gasteiger partial charge in [0.2, 0.25) is 0 Å². The molecule has 0 bridgehead atoms. The molecule has 0 aliphatic rings. The summed E-state index contributed by atoms with van der Waals surface area (Å²) in [7, 11) is 0. The third-order valence-corrected chi connectivity index (χ3v) is 4.46. The van der Waals surface area contributed by atoms with Crippen LogP contribution >= 0.6 is 0 Å². The van der Waals surface area contributed by atoms with Crippen molar-refractivity contribution in [2.75, 3.05) is 5.73 Å². The maximum Gasteiger partial charge on any atom is 0.0314 e. The van der Waals surface area contributed by atoms with Crippen LogP contribution in [-0.4, -0.2) is 0 Å². The molecule has 0 atom stereocenters. The lowest BCUT2D eigenvalue weighted by molar-refractivity contribution is 1.22. The minimum absolute atomic E-state index is 0.805. The average Bonchev–Trinajstić information content (AvgIpc) is 2.91. The highest BCUT2D eigenvalue weighted by atomic mass is 14.5. The van der Waals surface area contributed by atoms with E-state index in [0.717, 1.165) is 12.1 Å². The zero-order chi connectivity index (χ0) is 25.4. The number of rotatable bonds is 5. The van der Waals surface area contributed by atoms with Gasteiger partial charge in [0.25, 0.3) is 0 Å². The number of allylic oxidation sites excluding steroid dienone is 8. The summed E-state index contributed by atoms with van der Waals surface area (Å²) in [5.41, 5.74) is 11.4. The molecular weight excluding hydrogens is 410 g/mol. The summed E-state index contributed by atoms with van der Waals surface area (Å²) in [6.07, 6.45) is 15.6. The van der Waals surface area contributed by atoms with Crippen LogP contribution < -0.4 is 5.73 Å². The molecule has 0 saturated carbocycles. The van der Waals surface area contributed by atoms with E-state index >= 15 is 0 Å². The van der Waals surface area contributed by atoms with Crippen LogP contribution in [-0.2, 0) is 0 Å². The van der Waals surface area contributed by atoms with E-state index in [4.69, 9.17) is 5.73 Å². The zero-order valence-corrected chi connectivity index (χ0v) is 21.9. The first kappa shape index (κ1) is 30.4. The topological polar surface area (TPSA) is 26.0 Å². The summed E-state index contributed by atoms with van der Waals surface area (Å²) in [4.78, 5) is 0. The average molecular weight is 454 g/mol. The Morgan fingerprint density at radius 1 is 0.676 bits per heavy atom. The molecule has 0 amide bonds. The largest absolute Gasteiger partial charge is 0.399 e. The van der Waals surface area contributed by atoms with Crippen molar-refractivity contribution in [3.8, 4) is 11.1 Å². The Labute approximate surface area is 209 Å². The molecule has 0 unspecified atom stereocenters. The molecule has 1 nitrogen and oxygen atoms in total. The molecule has 3 aromatic rings. The molecule has 0 radical (unpaired) electrons. The molecular formula is C33H43N. The Morgan fingerprint density at radius 3 is 1.68 bits per heavy atom. The third-order valence-electron chi connectivity index (χ3n) is 4.46. The lowest BCUT2D eigenvalue weighted by atomic mass is 10.1. The third kappa shape index (κ3) is 14.5. The summed E-state index contributed by atoms with van der Waals surface area (Å²) in [5, 5.41) is 0. The monoisotopic (exact) mass is 453 g/mol. The van der Waals surface area contributed by atoms with Crippen molar-refractivity contribution in [1.82, 2.24) is 0 Å². The van der Waals surface area contributed by atoms with Gasteiger partial charge in [-0.3, -0.25) is 0 Å². The van der Waals surface area contributed by atoms with E-state index in [9.17, 15) is 0 Å². The Morgan fingerprint density at radius 2 is 1.18 bits per heavy atom. The van der Waals surface area contributed by atoms with Gasteiger partial charge in [-0.25, -0.2) is 0 Å². The van der Waals surface area contributed by atoms with Crippen molar-refractivity contribution in [3.63, 3.8) is 0 Å². The smallest absolute Gasteiger partial charge is 0.0314 e. The normalized spacial score (nSPS) is 10.7. The molecule has 0 heterocycles. The van der Waals surface area contributed by atoms with Crippen molar-refractivity contribution in [2.24, 2.45) is 0 Å². The maximum atomic E-state index is 5.60. The molecule has 1 heteroatoms. The van der Waals surface area contributed by atoms with Crippen LogP contribution in [0, 0.1) is 0 Å². The lowest BCUT2D eigenvalue weighted by Crippen LogP contribution is -1.83. The van der Waals surface area contributed by atoms with Gasteiger partial charge >= 0.3 is 0 Å². The fourth-order valence-corrected chi connectivity index (χ4v) is 2.67. The molecule has 0 saturated heterocycles. The lowest BCUT2D eigenvalue weighted by Gasteiger charge is -2.00. The molecule has 3 rings (SSSR count). The van der Waals surface area contributed by atoms with Crippen molar-refractivity contribution < 1.29 is 0 Å². The van der Waals surface area contributed by atoms with Crippen molar-refractivity contribution in [2.45, 2.75) is 48.0 Å². The Bertz CT molecular complexity index is 960. The van der Waals surface area contributed by atoms with Gasteiger partial charge in [-0.15, -0.1) is 0 Å². The highest BCUT2D eigenvalue weighted by Crippen LogP contribution is 2.19. The number of hydrogen-bond donors (Lipinski definition) is 1. The van der Waals surface area contributed by atoms with E-state index in [1.807, 2.05) is 94.5 Å². The fourth-order valence-electron chi connectivity index (χ4n) is 2.67. The van der Waals surface area contributed by atoms with Gasteiger partial charge in [0.1, 0.15) is 0 Å². The molecule has 0 aromatic heterocycles. The predicted octanol–water partition coefficient (Wildman–Crippen LogP) is 10.2. The molecule has 0 spiro atoms. The van der Waals surface area contributed by atoms with Crippen molar-refractivity contribution >= 4 is 11.3 Å². The van der Waals surface area contributed by atoms with E-state index in [2.05, 4.69) is 74.5 Å². The van der Waals surface area contributed by atoms with Crippen molar-refractivity contribution in [1.29, 1.82) is 0 Å². The standard InChI is InChI=1S/C12H11N.C12H14.C7H12.C2H6/c13-12-8-6-11(7-9-12)10-4-2-1-3-5-10;1-3-4-8-11(2)12-9-6-5-7-10-12;1-3-5-7-6-4-2;1-2/h1-9H,13H2;3-10H,1-2H3;3,5-7H,4H2,1-2H3;1-2H3/b;4-3-,11-8+;5-3-,7-6-;. The number of hydrogen-bond acceptors (Lipinski definition) is 1. The second-order valence-corrected chi connectivity index (χ2v) is 7.09. The molecule has 3 aromatic carbocycles. The van der Waals surface area contributed by atoms with Gasteiger partial charge in [-0.1, -0.05) is 136 Å². The Balaban J connectivity index is 0.000000484. The van der Waals surface area contributed by atoms with Crippen LogP contribution in [0.25, 0.3) is 16.7 Å². The summed E-state index contributed by atoms with van der Waals surface area (Å²) in [5.74, 6) is 0. The Hall–Kier alpha value is -3.58. The molecule has 2 N–H and O–H groups in total. The first-order valence-electron chi connectivity index (χ1n) is 12.2. The Kier molecular flexibility index (Phi) is 19.0. The number of benzene rings is 3. The summed E-state index contributed by atoms with van der Waals surface area (Å²) < 4.78 is 0. The minimum atomic E-state index is 0.805. The van der Waals surface area contributed by atoms with Crippen LogP contribution in [0.2, 0.25) is 0 Å². The van der Waals surface area contributed by atoms with Crippen molar-refractivity contribution in [3.05, 3.63) is 133 Å². The maximum absolute atomic E-state index is 5.60. The van der Waals surface area contributed by atoms with Gasteiger partial charge in [-0.05, 0) is 61.6 Å². The highest BCUT2D eigenvalue weighted by Gasteiger charge is 1.94. The quantitative estimate of drug-likeness (QED) is 0.302. The zero-order valence-electron chi connectivity index (χ0n) is 21.9. The van der Waals surface area contributed by atoms with Crippen LogP contribution in [0.15, 0.2) is 127 Å². The number of anilines is 1. The van der Waals surface area contributed by atoms with E-state index in [1.165, 1.54) is 22.3 Å². The fraction of sp³-hybridized carbons (Fsp3) is 0.212. The van der Waals surface area contributed by atoms with Gasteiger partial charge in [0.15, 0.2) is 0 Å². The van der Waals surface area contributed by atoms with E-state index in [0.29, 0.717) is 0 Å². The molecule has 34 heavy (non-hydrogen) atoms. The van der Waals surface area contributed by atoms with Crippen LogP contribution in [0.1, 0.15) is 53.5 Å². The minimum Gasteiger partial charge on any atom is -0.399 e. The second kappa shape index (κ2) is 21.3. The summed E-state index contributed by atoms with van der Waals surface area (Å²) >= 11 is 0. The highest BCUT2D eigenvalue weighted by molar-refractivity contribution is 5.65. The van der Waals surface area contributed by atoms with Gasteiger partial charge in [-0.2, -0.15) is 0 Å². The van der Waals surface area contributed by atoms with Crippen LogP contribution in [0.5, 0.6) is 0 Å². The predicted molar refractivity (Wildman–Crippen MR) is 157 cm³/mol. The molecule has 0 fully saturated rings. The number of nitrogens with two attached hydrogens (primary N) is 1. The first-order valence-corrected chi connectivity index (χ1v) is 12.2. The SMILES string of the molecule is C/C=C\C=C(/C)c1ccccc1.C/C=C\C=C/CC.CC.Nc1ccc(-c2ccccc2)cc1. The molecule has 0 aliphatic heterocycles.